The van der Waals surface area contributed by atoms with Gasteiger partial charge < -0.3 is 0 Å². The maximum Gasteiger partial charge on any atom is 0.0428 e. The Morgan fingerprint density at radius 3 is 2.35 bits per heavy atom. The van der Waals surface area contributed by atoms with Crippen LogP contribution in [0.5, 0.6) is 0 Å². The molecule has 0 nitrogen and oxygen atoms in total. The second kappa shape index (κ2) is 5.14. The van der Waals surface area contributed by atoms with Gasteiger partial charge in [0, 0.05) is 4.83 Å². The van der Waals surface area contributed by atoms with E-state index in [1.165, 1.54) is 36.8 Å². The van der Waals surface area contributed by atoms with Crippen molar-refractivity contribution in [1.29, 1.82) is 0 Å². The van der Waals surface area contributed by atoms with Crippen molar-refractivity contribution in [2.75, 3.05) is 0 Å². The van der Waals surface area contributed by atoms with E-state index in [2.05, 4.69) is 61.0 Å². The molecule has 2 atom stereocenters. The van der Waals surface area contributed by atoms with E-state index in [9.17, 15) is 0 Å². The molecule has 17 heavy (non-hydrogen) atoms. The highest BCUT2D eigenvalue weighted by Crippen LogP contribution is 2.60. The van der Waals surface area contributed by atoms with Crippen LogP contribution < -0.4 is 0 Å². The van der Waals surface area contributed by atoms with E-state index in [0.717, 1.165) is 5.92 Å². The van der Waals surface area contributed by atoms with E-state index < -0.39 is 0 Å². The number of aryl methyl sites for hydroxylation is 1. The third-order valence-corrected chi connectivity index (χ3v) is 5.23. The van der Waals surface area contributed by atoms with Gasteiger partial charge in [0.15, 0.2) is 0 Å². The predicted octanol–water partition coefficient (Wildman–Crippen LogP) is 5.51. The fourth-order valence-electron chi connectivity index (χ4n) is 2.49. The van der Waals surface area contributed by atoms with Crippen LogP contribution in [0.3, 0.4) is 0 Å². The van der Waals surface area contributed by atoms with Gasteiger partial charge in [-0.1, -0.05) is 67.4 Å². The average Bonchev–Trinajstić information content (AvgIpc) is 2.95. The first-order valence-electron chi connectivity index (χ1n) is 6.77. The van der Waals surface area contributed by atoms with Crippen molar-refractivity contribution in [2.45, 2.75) is 51.3 Å². The van der Waals surface area contributed by atoms with Gasteiger partial charge in [0.25, 0.3) is 0 Å². The summed E-state index contributed by atoms with van der Waals surface area (Å²) < 4.78 is 0. The van der Waals surface area contributed by atoms with E-state index in [1.807, 2.05) is 0 Å². The molecule has 1 heteroatoms. The third kappa shape index (κ3) is 3.13. The van der Waals surface area contributed by atoms with E-state index in [-0.39, 0.29) is 0 Å². The molecule has 0 saturated heterocycles. The summed E-state index contributed by atoms with van der Waals surface area (Å²) in [4.78, 5) is 0.540. The lowest BCUT2D eigenvalue weighted by molar-refractivity contribution is 0.555. The smallest absolute Gasteiger partial charge is 0.0428 e. The number of rotatable bonds is 5. The minimum absolute atomic E-state index is 0.537. The summed E-state index contributed by atoms with van der Waals surface area (Å²) in [6, 6.07) is 9.21. The maximum atomic E-state index is 3.87. The van der Waals surface area contributed by atoms with Gasteiger partial charge in [-0.25, -0.2) is 0 Å². The first-order chi connectivity index (χ1) is 8.04. The Kier molecular flexibility index (Phi) is 3.97. The van der Waals surface area contributed by atoms with E-state index in [1.54, 1.807) is 0 Å². The van der Waals surface area contributed by atoms with E-state index in [0.29, 0.717) is 10.2 Å². The van der Waals surface area contributed by atoms with Crippen molar-refractivity contribution in [2.24, 2.45) is 11.3 Å². The highest BCUT2D eigenvalue weighted by atomic mass is 79.9. The number of halogens is 1. The van der Waals surface area contributed by atoms with Crippen molar-refractivity contribution in [3.63, 3.8) is 0 Å². The molecule has 2 rings (SSSR count). The van der Waals surface area contributed by atoms with Crippen LogP contribution in [0.4, 0.5) is 0 Å². The summed E-state index contributed by atoms with van der Waals surface area (Å²) >= 11 is 3.87. The highest BCUT2D eigenvalue weighted by Gasteiger charge is 2.49. The van der Waals surface area contributed by atoms with Crippen molar-refractivity contribution < 1.29 is 0 Å². The maximum absolute atomic E-state index is 3.87. The van der Waals surface area contributed by atoms with Crippen LogP contribution in [0.15, 0.2) is 24.3 Å². The van der Waals surface area contributed by atoms with Crippen molar-refractivity contribution in [1.82, 2.24) is 0 Å². The molecule has 94 valence electrons. The minimum atomic E-state index is 0.537. The molecule has 0 N–H and O–H groups in total. The van der Waals surface area contributed by atoms with Crippen LogP contribution in [-0.4, -0.2) is 0 Å². The average molecular weight is 295 g/mol. The number of benzene rings is 1. The highest BCUT2D eigenvalue weighted by molar-refractivity contribution is 9.09. The van der Waals surface area contributed by atoms with Gasteiger partial charge in [0.2, 0.25) is 0 Å². The zero-order valence-electron chi connectivity index (χ0n) is 11.2. The van der Waals surface area contributed by atoms with Crippen LogP contribution in [0.2, 0.25) is 0 Å². The second-order valence-corrected chi connectivity index (χ2v) is 7.03. The Balaban J connectivity index is 1.98. The number of hydrogen-bond acceptors (Lipinski definition) is 0. The molecule has 1 aliphatic rings. The molecule has 0 heterocycles. The summed E-state index contributed by atoms with van der Waals surface area (Å²) in [5.74, 6) is 0.809. The Hall–Kier alpha value is -0.300. The van der Waals surface area contributed by atoms with E-state index in [4.69, 9.17) is 0 Å². The monoisotopic (exact) mass is 294 g/mol. The molecule has 0 bridgehead atoms. The third-order valence-electron chi connectivity index (χ3n) is 4.06. The Labute approximate surface area is 114 Å². The molecule has 1 aromatic rings. The van der Waals surface area contributed by atoms with Crippen LogP contribution in [-0.2, 0) is 6.42 Å². The van der Waals surface area contributed by atoms with Gasteiger partial charge in [-0.15, -0.1) is 0 Å². The quantitative estimate of drug-likeness (QED) is 0.628. The molecule has 0 amide bonds. The molecule has 1 aliphatic carbocycles. The Morgan fingerprint density at radius 1 is 1.29 bits per heavy atom. The van der Waals surface area contributed by atoms with Crippen LogP contribution in [0.25, 0.3) is 0 Å². The minimum Gasteiger partial charge on any atom is -0.0836 e. The molecule has 0 aliphatic heterocycles. The van der Waals surface area contributed by atoms with Gasteiger partial charge in [0.1, 0.15) is 0 Å². The summed E-state index contributed by atoms with van der Waals surface area (Å²) in [6.45, 7) is 6.97. The van der Waals surface area contributed by atoms with Crippen LogP contribution in [0, 0.1) is 11.3 Å². The zero-order valence-corrected chi connectivity index (χ0v) is 12.8. The lowest BCUT2D eigenvalue weighted by Gasteiger charge is -2.12. The molecule has 1 saturated carbocycles. The molecule has 2 unspecified atom stereocenters. The summed E-state index contributed by atoms with van der Waals surface area (Å²) in [5, 5.41) is 0. The number of alkyl halides is 1. The van der Waals surface area contributed by atoms with Crippen molar-refractivity contribution in [3.8, 4) is 0 Å². The molecular weight excluding hydrogens is 272 g/mol. The van der Waals surface area contributed by atoms with Gasteiger partial charge in [-0.05, 0) is 41.7 Å². The fourth-order valence-corrected chi connectivity index (χ4v) is 3.70. The summed E-state index contributed by atoms with van der Waals surface area (Å²) in [5.41, 5.74) is 3.46. The standard InChI is InChI=1S/C16H23Br/c1-4-5-6-12-7-9-13(10-8-12)15(17)14-11-16(14,2)3/h7-10,14-15H,4-6,11H2,1-3H3. The summed E-state index contributed by atoms with van der Waals surface area (Å²) in [6.07, 6.45) is 5.14. The predicted molar refractivity (Wildman–Crippen MR) is 78.6 cm³/mol. The first-order valence-corrected chi connectivity index (χ1v) is 7.69. The molecular formula is C16H23Br. The Morgan fingerprint density at radius 2 is 1.88 bits per heavy atom. The molecule has 0 radical (unpaired) electrons. The first kappa shape index (κ1) is 13.1. The lowest BCUT2D eigenvalue weighted by Crippen LogP contribution is -1.99. The van der Waals surface area contributed by atoms with Gasteiger partial charge in [-0.3, -0.25) is 0 Å². The topological polar surface area (TPSA) is 0 Å². The SMILES string of the molecule is CCCCc1ccc(C(Br)C2CC2(C)C)cc1. The van der Waals surface area contributed by atoms with Crippen LogP contribution in [0.1, 0.15) is 56.0 Å². The molecule has 1 fully saturated rings. The fraction of sp³-hybridized carbons (Fsp3) is 0.625. The van der Waals surface area contributed by atoms with Crippen molar-refractivity contribution in [3.05, 3.63) is 35.4 Å². The Bertz CT molecular complexity index is 364. The summed E-state index contributed by atoms with van der Waals surface area (Å²) in [7, 11) is 0. The normalized spacial score (nSPS) is 23.4. The zero-order chi connectivity index (χ0) is 12.5. The van der Waals surface area contributed by atoms with Gasteiger partial charge in [0.05, 0.1) is 0 Å². The lowest BCUT2D eigenvalue weighted by atomic mass is 10.0. The largest absolute Gasteiger partial charge is 0.0836 e. The van der Waals surface area contributed by atoms with Gasteiger partial charge >= 0.3 is 0 Å². The van der Waals surface area contributed by atoms with Crippen LogP contribution >= 0.6 is 15.9 Å². The number of unbranched alkanes of at least 4 members (excludes halogenated alkanes) is 1. The molecule has 0 aromatic heterocycles. The van der Waals surface area contributed by atoms with E-state index >= 15 is 0 Å². The van der Waals surface area contributed by atoms with Crippen molar-refractivity contribution >= 4 is 15.9 Å². The van der Waals surface area contributed by atoms with Gasteiger partial charge in [-0.2, -0.15) is 0 Å². The number of hydrogen-bond donors (Lipinski definition) is 0. The molecule has 0 spiro atoms. The second-order valence-electron chi connectivity index (χ2n) is 6.05. The molecule has 1 aromatic carbocycles.